The monoisotopic (exact) mass is 294 g/mol. The quantitative estimate of drug-likeness (QED) is 0.602. The van der Waals surface area contributed by atoms with E-state index in [1.165, 1.54) is 0 Å². The third-order valence-electron chi connectivity index (χ3n) is 1.96. The summed E-state index contributed by atoms with van der Waals surface area (Å²) < 4.78 is 8.51. The van der Waals surface area contributed by atoms with Gasteiger partial charge in [0, 0.05) is 0 Å². The fraction of sp³-hybridized carbons (Fsp3) is 1.00. The molecule has 0 amide bonds. The second-order valence-electron chi connectivity index (χ2n) is 3.37. The zero-order valence-electron chi connectivity index (χ0n) is 5.33. The first kappa shape index (κ1) is 6.05. The van der Waals surface area contributed by atoms with Crippen LogP contribution in [0.3, 0.4) is 0 Å². The Morgan fingerprint density at radius 1 is 1.00 bits per heavy atom. The molecule has 1 aliphatic heterocycles. The van der Waals surface area contributed by atoms with E-state index < -0.39 is 21.2 Å². The normalized spacial score (nSPS) is 28.3. The SMILES string of the molecule is [CH3][Pb]1([CH3])[CH2]CC[CH2]1. The molecule has 1 aliphatic rings. The Bertz CT molecular complexity index is 58.6. The van der Waals surface area contributed by atoms with Gasteiger partial charge in [-0.1, -0.05) is 0 Å². The predicted octanol–water partition coefficient (Wildman–Crippen LogP) is 2.49. The molecule has 0 nitrogen and oxygen atoms in total. The van der Waals surface area contributed by atoms with Gasteiger partial charge in [0.1, 0.15) is 0 Å². The van der Waals surface area contributed by atoms with E-state index in [1.54, 1.807) is 20.8 Å². The molecule has 1 heterocycles. The van der Waals surface area contributed by atoms with Crippen molar-refractivity contribution in [1.82, 2.24) is 0 Å². The van der Waals surface area contributed by atoms with E-state index in [4.69, 9.17) is 0 Å². The molecule has 1 saturated heterocycles. The van der Waals surface area contributed by atoms with Crippen LogP contribution in [-0.4, -0.2) is 21.2 Å². The number of hydrogen-bond acceptors (Lipinski definition) is 0. The molecule has 0 aromatic heterocycles. The topological polar surface area (TPSA) is 0 Å². The first-order valence-electron chi connectivity index (χ1n) is 3.21. The molecule has 1 fully saturated rings. The fourth-order valence-corrected chi connectivity index (χ4v) is 11.7. The summed E-state index contributed by atoms with van der Waals surface area (Å²) in [6, 6.07) is 0. The Labute approximate surface area is 51.0 Å². The van der Waals surface area contributed by atoms with E-state index in [0.717, 1.165) is 0 Å². The van der Waals surface area contributed by atoms with E-state index in [-0.39, 0.29) is 0 Å². The maximum absolute atomic E-state index is 2.58. The molecule has 7 heavy (non-hydrogen) atoms. The molecule has 0 spiro atoms. The Balaban J connectivity index is 2.40. The van der Waals surface area contributed by atoms with Crippen molar-refractivity contribution in [1.29, 1.82) is 0 Å². The van der Waals surface area contributed by atoms with Gasteiger partial charge in [0.05, 0.1) is 0 Å². The number of hydrogen-bond donors (Lipinski definition) is 0. The summed E-state index contributed by atoms with van der Waals surface area (Å²) in [4.78, 5) is 0. The molecule has 0 aromatic carbocycles. The Kier molecular flexibility index (Phi) is 1.76. The van der Waals surface area contributed by atoms with Crippen LogP contribution in [0.5, 0.6) is 0 Å². The summed E-state index contributed by atoms with van der Waals surface area (Å²) in [5.41, 5.74) is 0. The molecular weight excluding hydrogens is 279 g/mol. The molecule has 1 rings (SSSR count). The summed E-state index contributed by atoms with van der Waals surface area (Å²) in [5.74, 6) is 0. The van der Waals surface area contributed by atoms with Gasteiger partial charge in [-0.05, 0) is 0 Å². The average molecular weight is 293 g/mol. The molecule has 0 saturated carbocycles. The van der Waals surface area contributed by atoms with Gasteiger partial charge in [0.25, 0.3) is 0 Å². The van der Waals surface area contributed by atoms with Crippen LogP contribution in [0.2, 0.25) is 16.9 Å². The fourth-order valence-electron chi connectivity index (χ4n) is 1.33. The summed E-state index contributed by atoms with van der Waals surface area (Å²) in [7, 11) is 0. The van der Waals surface area contributed by atoms with Crippen molar-refractivity contribution >= 4 is 21.2 Å². The third-order valence-corrected chi connectivity index (χ3v) is 15.2. The summed E-state index contributed by atoms with van der Waals surface area (Å²) in [6.45, 7) is 0. The second-order valence-corrected chi connectivity index (χ2v) is 24.1. The van der Waals surface area contributed by atoms with Crippen molar-refractivity contribution in [3.63, 3.8) is 0 Å². The Morgan fingerprint density at radius 3 is 1.57 bits per heavy atom. The molecule has 0 unspecified atom stereocenters. The van der Waals surface area contributed by atoms with Gasteiger partial charge in [-0.3, -0.25) is 0 Å². The standard InChI is InChI=1S/C4H8.2CH3.Pb/c1-3-4-2;;;/h1-4H2;2*1H3;. The van der Waals surface area contributed by atoms with Crippen LogP contribution in [0.4, 0.5) is 0 Å². The van der Waals surface area contributed by atoms with Crippen LogP contribution >= 0.6 is 0 Å². The zero-order valence-corrected chi connectivity index (χ0v) is 9.22. The first-order chi connectivity index (χ1) is 3.21. The molecule has 0 N–H and O–H groups in total. The zero-order chi connectivity index (χ0) is 5.33. The van der Waals surface area contributed by atoms with Gasteiger partial charge in [-0.25, -0.2) is 0 Å². The van der Waals surface area contributed by atoms with Gasteiger partial charge in [0.15, 0.2) is 0 Å². The van der Waals surface area contributed by atoms with Crippen molar-refractivity contribution < 1.29 is 0 Å². The van der Waals surface area contributed by atoms with Crippen molar-refractivity contribution in [2.24, 2.45) is 0 Å². The van der Waals surface area contributed by atoms with Crippen LogP contribution in [0.25, 0.3) is 0 Å². The molecule has 0 radical (unpaired) electrons. The van der Waals surface area contributed by atoms with Crippen molar-refractivity contribution in [3.8, 4) is 0 Å². The van der Waals surface area contributed by atoms with Gasteiger partial charge < -0.3 is 0 Å². The van der Waals surface area contributed by atoms with Gasteiger partial charge >= 0.3 is 50.9 Å². The molecule has 0 atom stereocenters. The summed E-state index contributed by atoms with van der Waals surface area (Å²) in [5, 5.41) is 0. The summed E-state index contributed by atoms with van der Waals surface area (Å²) in [6.07, 6.45) is 3.13. The van der Waals surface area contributed by atoms with E-state index in [1.807, 2.05) is 0 Å². The van der Waals surface area contributed by atoms with Crippen LogP contribution < -0.4 is 0 Å². The van der Waals surface area contributed by atoms with Crippen LogP contribution in [-0.2, 0) is 0 Å². The van der Waals surface area contributed by atoms with Crippen LogP contribution in [0.15, 0.2) is 0 Å². The van der Waals surface area contributed by atoms with Gasteiger partial charge in [-0.2, -0.15) is 0 Å². The minimum atomic E-state index is -1.28. The molecule has 42 valence electrons. The molecular formula is C6H14Pb. The van der Waals surface area contributed by atoms with Crippen molar-refractivity contribution in [2.75, 3.05) is 0 Å². The van der Waals surface area contributed by atoms with E-state index in [9.17, 15) is 0 Å². The second kappa shape index (κ2) is 2.04. The van der Waals surface area contributed by atoms with Crippen LogP contribution in [0.1, 0.15) is 12.8 Å². The van der Waals surface area contributed by atoms with E-state index in [2.05, 4.69) is 8.97 Å². The molecule has 0 bridgehead atoms. The maximum atomic E-state index is 2.58. The summed E-state index contributed by atoms with van der Waals surface area (Å²) >= 11 is -1.28. The average Bonchev–Trinajstić information content (AvgIpc) is 1.84. The van der Waals surface area contributed by atoms with E-state index in [0.29, 0.717) is 0 Å². The predicted molar refractivity (Wildman–Crippen MR) is 36.3 cm³/mol. The van der Waals surface area contributed by atoms with Gasteiger partial charge in [-0.15, -0.1) is 0 Å². The van der Waals surface area contributed by atoms with E-state index >= 15 is 0 Å². The van der Waals surface area contributed by atoms with Crippen molar-refractivity contribution in [2.45, 2.75) is 29.8 Å². The van der Waals surface area contributed by atoms with Crippen molar-refractivity contribution in [3.05, 3.63) is 0 Å². The molecule has 1 heteroatoms. The Hall–Kier alpha value is 0.922. The number of rotatable bonds is 0. The molecule has 0 aromatic rings. The van der Waals surface area contributed by atoms with Gasteiger partial charge in [0.2, 0.25) is 0 Å². The van der Waals surface area contributed by atoms with Crippen LogP contribution in [0, 0.1) is 0 Å². The molecule has 0 aliphatic carbocycles. The minimum absolute atomic E-state index is 1.28. The Morgan fingerprint density at radius 2 is 1.43 bits per heavy atom. The first-order valence-corrected chi connectivity index (χ1v) is 16.5. The third kappa shape index (κ3) is 1.70.